The maximum Gasteiger partial charge on any atom is 0.264 e. The van der Waals surface area contributed by atoms with Crippen LogP contribution < -0.4 is 10.3 Å². The van der Waals surface area contributed by atoms with Crippen molar-refractivity contribution >= 4 is 39.1 Å². The van der Waals surface area contributed by atoms with E-state index in [2.05, 4.69) is 5.43 Å². The highest BCUT2D eigenvalue weighted by atomic mass is 35.5. The third kappa shape index (κ3) is 3.83. The second-order valence-electron chi connectivity index (χ2n) is 4.20. The lowest BCUT2D eigenvalue weighted by molar-refractivity contribution is -0.130. The Balaban J connectivity index is 2.05. The standard InChI is InChI=1S/C11H12Cl2N2O4S/c12-7-4-8(13)6-9(5-7)20(17,18)15-14-11(16)10-2-1-3-19-10/h4-6,10,15H,1-3H2,(H,14,16). The van der Waals surface area contributed by atoms with Crippen molar-refractivity contribution in [3.05, 3.63) is 28.2 Å². The van der Waals surface area contributed by atoms with Gasteiger partial charge in [0.15, 0.2) is 0 Å². The smallest absolute Gasteiger partial charge is 0.264 e. The molecule has 1 saturated heterocycles. The summed E-state index contributed by atoms with van der Waals surface area (Å²) in [4.78, 5) is 13.5. The van der Waals surface area contributed by atoms with Crippen LogP contribution in [0.15, 0.2) is 23.1 Å². The van der Waals surface area contributed by atoms with Crippen LogP contribution in [0.1, 0.15) is 12.8 Å². The molecule has 2 rings (SSSR count). The minimum atomic E-state index is -3.94. The number of amides is 1. The van der Waals surface area contributed by atoms with Gasteiger partial charge in [-0.3, -0.25) is 10.2 Å². The fraction of sp³-hybridized carbons (Fsp3) is 0.364. The molecule has 1 heterocycles. The summed E-state index contributed by atoms with van der Waals surface area (Å²) < 4.78 is 29.1. The molecule has 1 fully saturated rings. The minimum absolute atomic E-state index is 0.136. The third-order valence-corrected chi connectivity index (χ3v) is 4.34. The van der Waals surface area contributed by atoms with Gasteiger partial charge in [0.05, 0.1) is 4.90 Å². The monoisotopic (exact) mass is 338 g/mol. The molecule has 1 atom stereocenters. The Labute approximate surface area is 126 Å². The summed E-state index contributed by atoms with van der Waals surface area (Å²) in [6.45, 7) is 0.495. The molecule has 1 aliphatic rings. The zero-order valence-electron chi connectivity index (χ0n) is 10.2. The Morgan fingerprint density at radius 3 is 2.45 bits per heavy atom. The molecule has 2 N–H and O–H groups in total. The zero-order chi connectivity index (χ0) is 14.8. The number of halogens is 2. The predicted octanol–water partition coefficient (Wildman–Crippen LogP) is 1.48. The van der Waals surface area contributed by atoms with E-state index in [0.717, 1.165) is 6.42 Å². The Hall–Kier alpha value is -0.860. The van der Waals surface area contributed by atoms with Crippen molar-refractivity contribution in [2.45, 2.75) is 23.8 Å². The van der Waals surface area contributed by atoms with Gasteiger partial charge in [-0.2, -0.15) is 0 Å². The van der Waals surface area contributed by atoms with E-state index < -0.39 is 22.0 Å². The molecule has 6 nitrogen and oxygen atoms in total. The van der Waals surface area contributed by atoms with E-state index in [1.165, 1.54) is 18.2 Å². The molecule has 1 amide bonds. The van der Waals surface area contributed by atoms with Gasteiger partial charge in [0.25, 0.3) is 15.9 Å². The largest absolute Gasteiger partial charge is 0.368 e. The average molecular weight is 339 g/mol. The Kier molecular flexibility index (Phi) is 4.87. The molecule has 1 unspecified atom stereocenters. The molecule has 0 spiro atoms. The van der Waals surface area contributed by atoms with Crippen molar-refractivity contribution in [1.29, 1.82) is 0 Å². The number of carbonyl (C=O) groups is 1. The van der Waals surface area contributed by atoms with E-state index in [-0.39, 0.29) is 14.9 Å². The van der Waals surface area contributed by atoms with Crippen molar-refractivity contribution < 1.29 is 17.9 Å². The first-order valence-electron chi connectivity index (χ1n) is 5.78. The number of hydrazine groups is 1. The summed E-state index contributed by atoms with van der Waals surface area (Å²) in [5.74, 6) is -0.529. The first kappa shape index (κ1) is 15.5. The van der Waals surface area contributed by atoms with Crippen molar-refractivity contribution in [2.24, 2.45) is 0 Å². The molecule has 1 aromatic carbocycles. The van der Waals surface area contributed by atoms with Crippen LogP contribution in [0.25, 0.3) is 0 Å². The van der Waals surface area contributed by atoms with Gasteiger partial charge in [-0.15, -0.1) is 4.83 Å². The Bertz CT molecular complexity index is 595. The maximum absolute atomic E-state index is 12.0. The topological polar surface area (TPSA) is 84.5 Å². The Morgan fingerprint density at radius 2 is 1.90 bits per heavy atom. The maximum atomic E-state index is 12.0. The van der Waals surface area contributed by atoms with E-state index in [9.17, 15) is 13.2 Å². The van der Waals surface area contributed by atoms with Crippen LogP contribution in [0, 0.1) is 0 Å². The van der Waals surface area contributed by atoms with E-state index in [1.807, 2.05) is 4.83 Å². The second-order valence-corrected chi connectivity index (χ2v) is 6.76. The number of nitrogens with one attached hydrogen (secondary N) is 2. The molecule has 9 heteroatoms. The highest BCUT2D eigenvalue weighted by molar-refractivity contribution is 7.89. The minimum Gasteiger partial charge on any atom is -0.368 e. The molecular weight excluding hydrogens is 327 g/mol. The molecule has 1 aliphatic heterocycles. The van der Waals surface area contributed by atoms with Crippen molar-refractivity contribution in [1.82, 2.24) is 10.3 Å². The van der Waals surface area contributed by atoms with Crippen molar-refractivity contribution in [2.75, 3.05) is 6.61 Å². The number of hydrogen-bond donors (Lipinski definition) is 2. The van der Waals surface area contributed by atoms with Gasteiger partial charge >= 0.3 is 0 Å². The number of sulfonamides is 1. The normalized spacial score (nSPS) is 19.0. The SMILES string of the molecule is O=C(NNS(=O)(=O)c1cc(Cl)cc(Cl)c1)C1CCCO1. The quantitative estimate of drug-likeness (QED) is 0.814. The van der Waals surface area contributed by atoms with Crippen LogP contribution in [0.3, 0.4) is 0 Å². The first-order valence-corrected chi connectivity index (χ1v) is 8.02. The molecule has 20 heavy (non-hydrogen) atoms. The number of benzene rings is 1. The summed E-state index contributed by atoms with van der Waals surface area (Å²) >= 11 is 11.5. The molecule has 0 bridgehead atoms. The van der Waals surface area contributed by atoms with Crippen molar-refractivity contribution in [3.63, 3.8) is 0 Å². The number of rotatable bonds is 4. The van der Waals surface area contributed by atoms with Crippen molar-refractivity contribution in [3.8, 4) is 0 Å². The molecular formula is C11H12Cl2N2O4S. The van der Waals surface area contributed by atoms with E-state index >= 15 is 0 Å². The molecule has 0 radical (unpaired) electrons. The summed E-state index contributed by atoms with van der Waals surface area (Å²) in [5, 5.41) is 0.367. The van der Waals surface area contributed by atoms with E-state index in [0.29, 0.717) is 13.0 Å². The fourth-order valence-electron chi connectivity index (χ4n) is 1.73. The van der Waals surface area contributed by atoms with Crippen LogP contribution in [0.5, 0.6) is 0 Å². The van der Waals surface area contributed by atoms with E-state index in [1.54, 1.807) is 0 Å². The summed E-state index contributed by atoms with van der Waals surface area (Å²) in [6.07, 6.45) is 0.714. The van der Waals surface area contributed by atoms with Crippen LogP contribution >= 0.6 is 23.2 Å². The lowest BCUT2D eigenvalue weighted by Crippen LogP contribution is -2.46. The first-order chi connectivity index (χ1) is 9.38. The van der Waals surface area contributed by atoms with Gasteiger partial charge in [-0.25, -0.2) is 8.42 Å². The van der Waals surface area contributed by atoms with Gasteiger partial charge < -0.3 is 4.74 Å². The molecule has 0 aliphatic carbocycles. The average Bonchev–Trinajstić information content (AvgIpc) is 2.88. The van der Waals surface area contributed by atoms with Crippen LogP contribution in [-0.4, -0.2) is 27.0 Å². The summed E-state index contributed by atoms with van der Waals surface area (Å²) in [6, 6.07) is 3.87. The molecule has 1 aromatic rings. The lowest BCUT2D eigenvalue weighted by Gasteiger charge is -2.12. The van der Waals surface area contributed by atoms with Gasteiger partial charge in [0.2, 0.25) is 0 Å². The molecule has 110 valence electrons. The lowest BCUT2D eigenvalue weighted by atomic mass is 10.2. The van der Waals surface area contributed by atoms with E-state index in [4.69, 9.17) is 27.9 Å². The molecule has 0 saturated carbocycles. The molecule has 0 aromatic heterocycles. The second kappa shape index (κ2) is 6.28. The number of ether oxygens (including phenoxy) is 1. The number of carbonyl (C=O) groups excluding carboxylic acids is 1. The van der Waals surface area contributed by atoms with Gasteiger partial charge in [0.1, 0.15) is 6.10 Å². The number of hydrogen-bond acceptors (Lipinski definition) is 4. The highest BCUT2D eigenvalue weighted by Crippen LogP contribution is 2.22. The fourth-order valence-corrected chi connectivity index (χ4v) is 3.30. The van der Waals surface area contributed by atoms with Gasteiger partial charge in [-0.05, 0) is 31.0 Å². The highest BCUT2D eigenvalue weighted by Gasteiger charge is 2.25. The van der Waals surface area contributed by atoms with Crippen LogP contribution in [0.2, 0.25) is 10.0 Å². The summed E-state index contributed by atoms with van der Waals surface area (Å²) in [5.41, 5.74) is 2.11. The predicted molar refractivity (Wildman–Crippen MR) is 73.9 cm³/mol. The zero-order valence-corrected chi connectivity index (χ0v) is 12.6. The summed E-state index contributed by atoms with van der Waals surface area (Å²) in [7, 11) is -3.94. The van der Waals surface area contributed by atoms with Gasteiger partial charge in [-0.1, -0.05) is 23.2 Å². The Morgan fingerprint density at radius 1 is 1.25 bits per heavy atom. The third-order valence-electron chi connectivity index (χ3n) is 2.68. The van der Waals surface area contributed by atoms with Crippen LogP contribution in [0.4, 0.5) is 0 Å². The van der Waals surface area contributed by atoms with Gasteiger partial charge in [0, 0.05) is 16.7 Å². The van der Waals surface area contributed by atoms with Crippen LogP contribution in [-0.2, 0) is 19.6 Å².